The van der Waals surface area contributed by atoms with Gasteiger partial charge in [0.1, 0.15) is 11.6 Å². The maximum atomic E-state index is 12.1. The Kier molecular flexibility index (Phi) is 7.81. The molecule has 0 fully saturated rings. The number of H-pyrrole nitrogens is 1. The molecule has 1 unspecified atom stereocenters. The molecule has 10 nitrogen and oxygen atoms in total. The fourth-order valence-corrected chi connectivity index (χ4v) is 4.37. The van der Waals surface area contributed by atoms with Gasteiger partial charge in [0.05, 0.1) is 11.0 Å². The predicted molar refractivity (Wildman–Crippen MR) is 150 cm³/mol. The first-order chi connectivity index (χ1) is 19.0. The van der Waals surface area contributed by atoms with Crippen molar-refractivity contribution in [3.8, 4) is 5.75 Å². The van der Waals surface area contributed by atoms with E-state index in [-0.39, 0.29) is 6.03 Å². The number of amides is 2. The van der Waals surface area contributed by atoms with Crippen molar-refractivity contribution < 1.29 is 9.53 Å². The molecule has 0 radical (unpaired) electrons. The van der Waals surface area contributed by atoms with E-state index in [0.29, 0.717) is 18.1 Å². The SMILES string of the molecule is CCCCc1nc2cc(NC(=O)N(C)C)ccc2n1Cc1ccc(OC(c2ccccc2)c2nn[nH]n2)cc1. The topological polar surface area (TPSA) is 114 Å². The smallest absolute Gasteiger partial charge is 0.321 e. The Hall–Kier alpha value is -4.73. The van der Waals surface area contributed by atoms with Crippen LogP contribution in [0.3, 0.4) is 0 Å². The Labute approximate surface area is 227 Å². The van der Waals surface area contributed by atoms with E-state index in [1.54, 1.807) is 14.1 Å². The molecular weight excluding hydrogens is 492 g/mol. The number of aryl methyl sites for hydroxylation is 1. The molecule has 0 aliphatic rings. The summed E-state index contributed by atoms with van der Waals surface area (Å²) in [5.74, 6) is 2.21. The maximum absolute atomic E-state index is 12.1. The molecule has 2 N–H and O–H groups in total. The van der Waals surface area contributed by atoms with Crippen molar-refractivity contribution in [2.24, 2.45) is 0 Å². The van der Waals surface area contributed by atoms with Gasteiger partial charge in [0, 0.05) is 38.3 Å². The number of rotatable bonds is 10. The van der Waals surface area contributed by atoms with Crippen molar-refractivity contribution in [1.29, 1.82) is 0 Å². The van der Waals surface area contributed by atoms with Gasteiger partial charge < -0.3 is 19.5 Å². The van der Waals surface area contributed by atoms with Gasteiger partial charge in [0.15, 0.2) is 6.10 Å². The summed E-state index contributed by atoms with van der Waals surface area (Å²) in [5.41, 5.74) is 4.69. The highest BCUT2D eigenvalue weighted by Gasteiger charge is 2.21. The quantitative estimate of drug-likeness (QED) is 0.260. The summed E-state index contributed by atoms with van der Waals surface area (Å²) in [6, 6.07) is 23.6. The van der Waals surface area contributed by atoms with E-state index in [1.807, 2.05) is 60.7 Å². The molecule has 0 spiro atoms. The van der Waals surface area contributed by atoms with Crippen molar-refractivity contribution in [3.05, 3.63) is 95.6 Å². The van der Waals surface area contributed by atoms with Crippen LogP contribution >= 0.6 is 0 Å². The van der Waals surface area contributed by atoms with Gasteiger partial charge in [-0.05, 0) is 42.3 Å². The lowest BCUT2D eigenvalue weighted by Gasteiger charge is -2.17. The third-order valence-corrected chi connectivity index (χ3v) is 6.46. The molecule has 10 heteroatoms. The van der Waals surface area contributed by atoms with Crippen LogP contribution in [0.5, 0.6) is 5.75 Å². The van der Waals surface area contributed by atoms with Crippen LogP contribution < -0.4 is 10.1 Å². The number of ether oxygens (including phenoxy) is 1. The Morgan fingerprint density at radius 2 is 1.87 bits per heavy atom. The molecule has 2 amide bonds. The minimum atomic E-state index is -0.476. The molecule has 1 atom stereocenters. The van der Waals surface area contributed by atoms with Gasteiger partial charge in [-0.15, -0.1) is 10.2 Å². The second-order valence-electron chi connectivity index (χ2n) is 9.57. The van der Waals surface area contributed by atoms with Crippen LogP contribution in [0, 0.1) is 0 Å². The standard InChI is InChI=1S/C29H32N8O2/c1-4-5-11-26-31-24-18-22(30-29(38)36(2)3)14-17-25(24)37(26)19-20-12-15-23(16-13-20)39-27(28-32-34-35-33-28)21-9-7-6-8-10-21/h6-10,12-18,27H,4-5,11,19H2,1-3H3,(H,30,38)(H,32,33,34,35). The number of imidazole rings is 1. The molecule has 3 aromatic carbocycles. The molecule has 0 saturated carbocycles. The van der Waals surface area contributed by atoms with Gasteiger partial charge in [-0.1, -0.05) is 61.0 Å². The number of nitrogens with one attached hydrogen (secondary N) is 2. The van der Waals surface area contributed by atoms with Crippen molar-refractivity contribution in [2.45, 2.75) is 38.8 Å². The Balaban J connectivity index is 1.38. The first kappa shape index (κ1) is 25.9. The Bertz CT molecular complexity index is 1510. The lowest BCUT2D eigenvalue weighted by molar-refractivity contribution is 0.230. The predicted octanol–water partition coefficient (Wildman–Crippen LogP) is 5.20. The average molecular weight is 525 g/mol. The molecular formula is C29H32N8O2. The zero-order chi connectivity index (χ0) is 27.2. The summed E-state index contributed by atoms with van der Waals surface area (Å²) < 4.78 is 8.56. The maximum Gasteiger partial charge on any atom is 0.321 e. The third-order valence-electron chi connectivity index (χ3n) is 6.46. The van der Waals surface area contributed by atoms with Crippen LogP contribution in [0.25, 0.3) is 11.0 Å². The molecule has 5 aromatic rings. The summed E-state index contributed by atoms with van der Waals surface area (Å²) >= 11 is 0. The number of hydrogen-bond acceptors (Lipinski definition) is 6. The second kappa shape index (κ2) is 11.8. The van der Waals surface area contributed by atoms with Crippen LogP contribution in [0.15, 0.2) is 72.8 Å². The normalized spacial score (nSPS) is 11.9. The first-order valence-corrected chi connectivity index (χ1v) is 13.0. The van der Waals surface area contributed by atoms with E-state index in [1.165, 1.54) is 4.90 Å². The number of aromatic amines is 1. The average Bonchev–Trinajstić information content (AvgIpc) is 3.60. The van der Waals surface area contributed by atoms with Gasteiger partial charge in [-0.2, -0.15) is 5.21 Å². The number of tetrazole rings is 1. The second-order valence-corrected chi connectivity index (χ2v) is 9.57. The molecule has 0 aliphatic carbocycles. The number of carbonyl (C=O) groups is 1. The molecule has 5 rings (SSSR count). The van der Waals surface area contributed by atoms with Crippen LogP contribution in [0.4, 0.5) is 10.5 Å². The Morgan fingerprint density at radius 3 is 2.56 bits per heavy atom. The van der Waals surface area contributed by atoms with Crippen molar-refractivity contribution in [2.75, 3.05) is 19.4 Å². The third kappa shape index (κ3) is 6.06. The summed E-state index contributed by atoms with van der Waals surface area (Å²) in [5, 5.41) is 17.4. The van der Waals surface area contributed by atoms with Crippen LogP contribution in [0.2, 0.25) is 0 Å². The summed E-state index contributed by atoms with van der Waals surface area (Å²) in [4.78, 5) is 18.5. The number of carbonyl (C=O) groups excluding carboxylic acids is 1. The summed E-state index contributed by atoms with van der Waals surface area (Å²) in [6.07, 6.45) is 2.55. The number of urea groups is 1. The molecule has 2 aromatic heterocycles. The van der Waals surface area contributed by atoms with E-state index >= 15 is 0 Å². The number of hydrogen-bond donors (Lipinski definition) is 2. The van der Waals surface area contributed by atoms with E-state index < -0.39 is 6.10 Å². The number of benzene rings is 3. The molecule has 0 aliphatic heterocycles. The van der Waals surface area contributed by atoms with E-state index in [0.717, 1.165) is 52.9 Å². The molecule has 0 saturated heterocycles. The fraction of sp³-hybridized carbons (Fsp3) is 0.276. The number of aromatic nitrogens is 6. The van der Waals surface area contributed by atoms with Gasteiger partial charge in [-0.3, -0.25) is 0 Å². The van der Waals surface area contributed by atoms with Crippen molar-refractivity contribution in [1.82, 2.24) is 35.1 Å². The highest BCUT2D eigenvalue weighted by Crippen LogP contribution is 2.27. The van der Waals surface area contributed by atoms with Crippen LogP contribution in [-0.4, -0.2) is 55.2 Å². The summed E-state index contributed by atoms with van der Waals surface area (Å²) in [6.45, 7) is 2.85. The highest BCUT2D eigenvalue weighted by molar-refractivity contribution is 5.91. The molecule has 0 bridgehead atoms. The summed E-state index contributed by atoms with van der Waals surface area (Å²) in [7, 11) is 3.43. The molecule has 39 heavy (non-hydrogen) atoms. The minimum Gasteiger partial charge on any atom is -0.478 e. The van der Waals surface area contributed by atoms with Crippen molar-refractivity contribution >= 4 is 22.8 Å². The molecule has 200 valence electrons. The van der Waals surface area contributed by atoms with E-state index in [9.17, 15) is 4.79 Å². The number of unbranched alkanes of at least 4 members (excludes halogenated alkanes) is 1. The number of anilines is 1. The minimum absolute atomic E-state index is 0.170. The van der Waals surface area contributed by atoms with Gasteiger partial charge >= 0.3 is 6.03 Å². The fourth-order valence-electron chi connectivity index (χ4n) is 4.37. The van der Waals surface area contributed by atoms with Crippen molar-refractivity contribution in [3.63, 3.8) is 0 Å². The lowest BCUT2D eigenvalue weighted by atomic mass is 10.1. The number of fused-ring (bicyclic) bond motifs is 1. The molecule has 2 heterocycles. The lowest BCUT2D eigenvalue weighted by Crippen LogP contribution is -2.27. The van der Waals surface area contributed by atoms with Gasteiger partial charge in [0.2, 0.25) is 5.82 Å². The highest BCUT2D eigenvalue weighted by atomic mass is 16.5. The largest absolute Gasteiger partial charge is 0.478 e. The van der Waals surface area contributed by atoms with Gasteiger partial charge in [-0.25, -0.2) is 9.78 Å². The van der Waals surface area contributed by atoms with E-state index in [4.69, 9.17) is 9.72 Å². The zero-order valence-electron chi connectivity index (χ0n) is 22.3. The Morgan fingerprint density at radius 1 is 1.08 bits per heavy atom. The van der Waals surface area contributed by atoms with E-state index in [2.05, 4.69) is 49.6 Å². The zero-order valence-corrected chi connectivity index (χ0v) is 22.3. The monoisotopic (exact) mass is 524 g/mol. The number of nitrogens with zero attached hydrogens (tertiary/aromatic N) is 6. The van der Waals surface area contributed by atoms with Crippen LogP contribution in [-0.2, 0) is 13.0 Å². The first-order valence-electron chi connectivity index (χ1n) is 13.0. The van der Waals surface area contributed by atoms with Crippen LogP contribution in [0.1, 0.15) is 48.6 Å². The van der Waals surface area contributed by atoms with Gasteiger partial charge in [0.25, 0.3) is 0 Å².